The zero-order valence-electron chi connectivity index (χ0n) is 16.6. The summed E-state index contributed by atoms with van der Waals surface area (Å²) in [4.78, 5) is 2.47. The minimum atomic E-state index is 0.161. The number of aromatic hydroxyl groups is 1. The molecule has 0 aliphatic carbocycles. The van der Waals surface area contributed by atoms with E-state index in [1.165, 1.54) is 16.8 Å². The summed E-state index contributed by atoms with van der Waals surface area (Å²) < 4.78 is 7.67. The number of hydrogen-bond donors (Lipinski definition) is 1. The maximum atomic E-state index is 10.6. The average molecular weight is 377 g/mol. The van der Waals surface area contributed by atoms with Gasteiger partial charge in [-0.2, -0.15) is 0 Å². The van der Waals surface area contributed by atoms with E-state index in [1.54, 1.807) is 13.2 Å². The molecule has 0 spiro atoms. The zero-order valence-corrected chi connectivity index (χ0v) is 16.6. The lowest BCUT2D eigenvalue weighted by Gasteiger charge is -2.31. The Bertz CT molecular complexity index is 930. The maximum absolute atomic E-state index is 10.6. The number of aryl methyl sites for hydroxylation is 2. The van der Waals surface area contributed by atoms with Crippen LogP contribution in [0.25, 0.3) is 0 Å². The third kappa shape index (κ3) is 3.52. The molecule has 1 N–H and O–H groups in total. The lowest BCUT2D eigenvalue weighted by molar-refractivity contribution is 0.217. The van der Waals surface area contributed by atoms with Crippen LogP contribution in [0.15, 0.2) is 60.8 Å². The second-order valence-corrected chi connectivity index (χ2v) is 7.42. The molecular formula is C24H28N2O2. The van der Waals surface area contributed by atoms with Gasteiger partial charge in [0.2, 0.25) is 0 Å². The van der Waals surface area contributed by atoms with Crippen molar-refractivity contribution in [1.29, 1.82) is 0 Å². The summed E-state index contributed by atoms with van der Waals surface area (Å²) in [5.74, 6) is 0.768. The Labute approximate surface area is 167 Å². The van der Waals surface area contributed by atoms with E-state index in [4.69, 9.17) is 4.74 Å². The summed E-state index contributed by atoms with van der Waals surface area (Å²) in [6.45, 7) is 4.85. The first-order valence-corrected chi connectivity index (χ1v) is 10.0. The molecule has 0 bridgehead atoms. The van der Waals surface area contributed by atoms with Crippen molar-refractivity contribution >= 4 is 0 Å². The summed E-state index contributed by atoms with van der Waals surface area (Å²) in [7, 11) is 1.59. The van der Waals surface area contributed by atoms with E-state index >= 15 is 0 Å². The average Bonchev–Trinajstić information content (AvgIpc) is 3.11. The minimum absolute atomic E-state index is 0.161. The number of benzene rings is 2. The molecule has 4 heteroatoms. The van der Waals surface area contributed by atoms with Crippen LogP contribution in [0, 0.1) is 0 Å². The SMILES string of the molecule is CCc1ccc(C2c3cccn3CCCN2Cc2cccc(OC)c2O)cc1. The van der Waals surface area contributed by atoms with Crippen LogP contribution in [0.5, 0.6) is 11.5 Å². The van der Waals surface area contributed by atoms with Gasteiger partial charge in [0.05, 0.1) is 13.2 Å². The second-order valence-electron chi connectivity index (χ2n) is 7.42. The van der Waals surface area contributed by atoms with Gasteiger partial charge >= 0.3 is 0 Å². The Morgan fingerprint density at radius 1 is 1.04 bits per heavy atom. The number of nitrogens with zero attached hydrogens (tertiary/aromatic N) is 2. The fraction of sp³-hybridized carbons (Fsp3) is 0.333. The first kappa shape index (κ1) is 18.6. The number of phenolic OH excluding ortho intramolecular Hbond substituents is 1. The molecule has 0 saturated heterocycles. The van der Waals surface area contributed by atoms with Crippen LogP contribution in [0.1, 0.15) is 41.8 Å². The van der Waals surface area contributed by atoms with Crippen molar-refractivity contribution < 1.29 is 9.84 Å². The summed E-state index contributed by atoms with van der Waals surface area (Å²) >= 11 is 0. The Morgan fingerprint density at radius 2 is 1.86 bits per heavy atom. The Hall–Kier alpha value is -2.72. The largest absolute Gasteiger partial charge is 0.504 e. The second kappa shape index (κ2) is 8.11. The summed E-state index contributed by atoms with van der Waals surface area (Å²) in [5, 5.41) is 10.6. The molecule has 0 amide bonds. The van der Waals surface area contributed by atoms with Crippen molar-refractivity contribution in [1.82, 2.24) is 9.47 Å². The van der Waals surface area contributed by atoms with Gasteiger partial charge < -0.3 is 14.4 Å². The van der Waals surface area contributed by atoms with Gasteiger partial charge in [0.25, 0.3) is 0 Å². The molecule has 4 rings (SSSR count). The van der Waals surface area contributed by atoms with Gasteiger partial charge in [-0.3, -0.25) is 4.90 Å². The van der Waals surface area contributed by atoms with E-state index in [9.17, 15) is 5.11 Å². The highest BCUT2D eigenvalue weighted by Gasteiger charge is 2.28. The highest BCUT2D eigenvalue weighted by molar-refractivity contribution is 5.45. The number of para-hydroxylation sites is 1. The lowest BCUT2D eigenvalue weighted by atomic mass is 9.99. The van der Waals surface area contributed by atoms with Gasteiger partial charge in [-0.05, 0) is 42.2 Å². The number of methoxy groups -OCH3 is 1. The standard InChI is InChI=1S/C24H28N2O2/c1-3-18-10-12-19(13-11-18)23-21-8-5-14-25(21)15-6-16-26(23)17-20-7-4-9-22(28-2)24(20)27/h4-5,7-14,23,27H,3,6,15-17H2,1-2H3. The first-order chi connectivity index (χ1) is 13.7. The molecule has 2 aromatic carbocycles. The van der Waals surface area contributed by atoms with Crippen molar-refractivity contribution in [2.24, 2.45) is 0 Å². The van der Waals surface area contributed by atoms with Crippen LogP contribution in [0.3, 0.4) is 0 Å². The third-order valence-corrected chi connectivity index (χ3v) is 5.73. The number of fused-ring (bicyclic) bond motifs is 1. The van der Waals surface area contributed by atoms with Crippen molar-refractivity contribution in [3.8, 4) is 11.5 Å². The molecule has 4 nitrogen and oxygen atoms in total. The molecule has 1 aromatic heterocycles. The molecular weight excluding hydrogens is 348 g/mol. The molecule has 1 atom stereocenters. The number of ether oxygens (including phenoxy) is 1. The molecule has 0 radical (unpaired) electrons. The Balaban J connectivity index is 1.73. The molecule has 0 fully saturated rings. The van der Waals surface area contributed by atoms with Crippen LogP contribution in [-0.2, 0) is 19.5 Å². The van der Waals surface area contributed by atoms with Crippen LogP contribution < -0.4 is 4.74 Å². The van der Waals surface area contributed by atoms with E-state index in [-0.39, 0.29) is 11.8 Å². The van der Waals surface area contributed by atoms with E-state index < -0.39 is 0 Å². The fourth-order valence-electron chi connectivity index (χ4n) is 4.21. The molecule has 28 heavy (non-hydrogen) atoms. The van der Waals surface area contributed by atoms with E-state index in [1.807, 2.05) is 12.1 Å². The minimum Gasteiger partial charge on any atom is -0.504 e. The van der Waals surface area contributed by atoms with Gasteiger partial charge in [0.15, 0.2) is 11.5 Å². The third-order valence-electron chi connectivity index (χ3n) is 5.73. The number of rotatable bonds is 5. The van der Waals surface area contributed by atoms with Crippen molar-refractivity contribution in [3.05, 3.63) is 83.2 Å². The van der Waals surface area contributed by atoms with Gasteiger partial charge in [0, 0.05) is 37.1 Å². The van der Waals surface area contributed by atoms with E-state index in [2.05, 4.69) is 59.0 Å². The molecule has 1 unspecified atom stereocenters. The monoisotopic (exact) mass is 376 g/mol. The van der Waals surface area contributed by atoms with E-state index in [0.29, 0.717) is 12.3 Å². The normalized spacial score (nSPS) is 17.1. The van der Waals surface area contributed by atoms with Crippen LogP contribution in [-0.4, -0.2) is 28.2 Å². The van der Waals surface area contributed by atoms with Crippen molar-refractivity contribution in [2.75, 3.05) is 13.7 Å². The first-order valence-electron chi connectivity index (χ1n) is 10.0. The topological polar surface area (TPSA) is 37.6 Å². The number of phenols is 1. The van der Waals surface area contributed by atoms with Crippen molar-refractivity contribution in [2.45, 2.75) is 38.9 Å². The van der Waals surface area contributed by atoms with Crippen molar-refractivity contribution in [3.63, 3.8) is 0 Å². The highest BCUT2D eigenvalue weighted by atomic mass is 16.5. The van der Waals surface area contributed by atoms with Gasteiger partial charge in [-0.1, -0.05) is 43.3 Å². The molecule has 1 aliphatic heterocycles. The lowest BCUT2D eigenvalue weighted by Crippen LogP contribution is -2.29. The Kier molecular flexibility index (Phi) is 5.40. The molecule has 0 saturated carbocycles. The molecule has 2 heterocycles. The van der Waals surface area contributed by atoms with Crippen LogP contribution in [0.4, 0.5) is 0 Å². The predicted molar refractivity (Wildman–Crippen MR) is 112 cm³/mol. The maximum Gasteiger partial charge on any atom is 0.162 e. The number of aromatic nitrogens is 1. The van der Waals surface area contributed by atoms with Gasteiger partial charge in [0.1, 0.15) is 0 Å². The van der Waals surface area contributed by atoms with Gasteiger partial charge in [-0.25, -0.2) is 0 Å². The molecule has 1 aliphatic rings. The van der Waals surface area contributed by atoms with E-state index in [0.717, 1.165) is 31.5 Å². The van der Waals surface area contributed by atoms with Crippen LogP contribution in [0.2, 0.25) is 0 Å². The quantitative estimate of drug-likeness (QED) is 0.698. The highest BCUT2D eigenvalue weighted by Crippen LogP contribution is 2.36. The van der Waals surface area contributed by atoms with Gasteiger partial charge in [-0.15, -0.1) is 0 Å². The zero-order chi connectivity index (χ0) is 19.5. The van der Waals surface area contributed by atoms with Crippen LogP contribution >= 0.6 is 0 Å². The summed E-state index contributed by atoms with van der Waals surface area (Å²) in [5.41, 5.74) is 4.85. The predicted octanol–water partition coefficient (Wildman–Crippen LogP) is 4.76. The molecule has 3 aromatic rings. The number of hydrogen-bond acceptors (Lipinski definition) is 3. The Morgan fingerprint density at radius 3 is 2.61 bits per heavy atom. The molecule has 146 valence electrons. The fourth-order valence-corrected chi connectivity index (χ4v) is 4.21. The smallest absolute Gasteiger partial charge is 0.162 e. The summed E-state index contributed by atoms with van der Waals surface area (Å²) in [6.07, 6.45) is 4.30. The summed E-state index contributed by atoms with van der Waals surface area (Å²) in [6, 6.07) is 19.2.